The third-order valence-corrected chi connectivity index (χ3v) is 4.76. The summed E-state index contributed by atoms with van der Waals surface area (Å²) in [6.07, 6.45) is 3.26. The molecule has 1 saturated carbocycles. The second kappa shape index (κ2) is 7.56. The minimum absolute atomic E-state index is 0.133. The van der Waals surface area contributed by atoms with E-state index in [4.69, 9.17) is 10.5 Å². The van der Waals surface area contributed by atoms with Crippen molar-refractivity contribution in [2.75, 3.05) is 11.9 Å². The van der Waals surface area contributed by atoms with Crippen molar-refractivity contribution >= 4 is 17.5 Å². The van der Waals surface area contributed by atoms with Crippen molar-refractivity contribution in [3.8, 4) is 5.75 Å². The molecule has 0 saturated heterocycles. The number of anilines is 1. The van der Waals surface area contributed by atoms with Crippen LogP contribution in [-0.2, 0) is 15.0 Å². The van der Waals surface area contributed by atoms with Crippen LogP contribution < -0.4 is 15.8 Å². The molecule has 0 spiro atoms. The molecule has 2 amide bonds. The molecule has 1 fully saturated rings. The molecule has 0 bridgehead atoms. The second-order valence-corrected chi connectivity index (χ2v) is 6.53. The molecule has 2 aromatic rings. The number of nitrogens with two attached hydrogens (primary N) is 1. The molecule has 2 aromatic carbocycles. The van der Waals surface area contributed by atoms with Crippen molar-refractivity contribution in [2.24, 2.45) is 5.73 Å². The molecule has 0 atom stereocenters. The molecule has 0 unspecified atom stereocenters. The zero-order valence-corrected chi connectivity index (χ0v) is 14.3. The number of primary amides is 1. The first-order valence-electron chi connectivity index (χ1n) is 8.58. The normalized spacial score (nSPS) is 15.4. The van der Waals surface area contributed by atoms with Gasteiger partial charge in [-0.1, -0.05) is 25.0 Å². The quantitative estimate of drug-likeness (QED) is 0.834. The number of amides is 2. The molecule has 0 aliphatic heterocycles. The van der Waals surface area contributed by atoms with Crippen LogP contribution in [0.3, 0.4) is 0 Å². The highest BCUT2D eigenvalue weighted by molar-refractivity contribution is 5.99. The first kappa shape index (κ1) is 17.9. The Kier molecular flexibility index (Phi) is 5.21. The fourth-order valence-corrected chi connectivity index (χ4v) is 3.45. The molecule has 0 heterocycles. The molecule has 0 radical (unpaired) electrons. The van der Waals surface area contributed by atoms with Gasteiger partial charge in [0.25, 0.3) is 5.91 Å². The summed E-state index contributed by atoms with van der Waals surface area (Å²) in [6.45, 7) is -0.200. The number of carbonyl (C=O) groups is 2. The van der Waals surface area contributed by atoms with Crippen molar-refractivity contribution in [2.45, 2.75) is 31.1 Å². The molecule has 6 heteroatoms. The summed E-state index contributed by atoms with van der Waals surface area (Å²) in [6, 6.07) is 13.0. The fourth-order valence-electron chi connectivity index (χ4n) is 3.45. The predicted octanol–water partition coefficient (Wildman–Crippen LogP) is 3.14. The Balaban J connectivity index is 1.76. The Hall–Kier alpha value is -2.89. The molecule has 3 rings (SSSR count). The highest BCUT2D eigenvalue weighted by Gasteiger charge is 2.42. The summed E-state index contributed by atoms with van der Waals surface area (Å²) in [5.74, 6) is -0.535. The van der Waals surface area contributed by atoms with Crippen LogP contribution in [0.25, 0.3) is 0 Å². The number of ether oxygens (including phenoxy) is 1. The molecular formula is C20H21FN2O3. The number of halogens is 1. The van der Waals surface area contributed by atoms with Crippen LogP contribution in [0.5, 0.6) is 5.75 Å². The van der Waals surface area contributed by atoms with Gasteiger partial charge in [-0.3, -0.25) is 9.59 Å². The third kappa shape index (κ3) is 3.85. The molecule has 1 aliphatic rings. The predicted molar refractivity (Wildman–Crippen MR) is 96.3 cm³/mol. The highest BCUT2D eigenvalue weighted by Crippen LogP contribution is 2.42. The third-order valence-electron chi connectivity index (χ3n) is 4.76. The largest absolute Gasteiger partial charge is 0.484 e. The average molecular weight is 356 g/mol. The highest BCUT2D eigenvalue weighted by atomic mass is 19.1. The van der Waals surface area contributed by atoms with E-state index in [0.29, 0.717) is 29.8 Å². The zero-order valence-electron chi connectivity index (χ0n) is 14.3. The molecular weight excluding hydrogens is 335 g/mol. The van der Waals surface area contributed by atoms with Crippen LogP contribution in [0.1, 0.15) is 31.2 Å². The van der Waals surface area contributed by atoms with E-state index in [2.05, 4.69) is 5.32 Å². The molecule has 136 valence electrons. The minimum Gasteiger partial charge on any atom is -0.484 e. The number of carbonyl (C=O) groups excluding carboxylic acids is 2. The van der Waals surface area contributed by atoms with Crippen LogP contribution in [0.2, 0.25) is 0 Å². The van der Waals surface area contributed by atoms with Gasteiger partial charge in [0, 0.05) is 5.69 Å². The SMILES string of the molecule is NC(=O)COc1ccc(NC(=O)C2(c3cccc(F)c3)CCCC2)cc1. The van der Waals surface area contributed by atoms with Gasteiger partial charge in [-0.2, -0.15) is 0 Å². The molecule has 1 aliphatic carbocycles. The topological polar surface area (TPSA) is 81.4 Å². The lowest BCUT2D eigenvalue weighted by molar-refractivity contribution is -0.121. The summed E-state index contributed by atoms with van der Waals surface area (Å²) in [7, 11) is 0. The van der Waals surface area contributed by atoms with E-state index < -0.39 is 11.3 Å². The fraction of sp³-hybridized carbons (Fsp3) is 0.300. The Labute approximate surface area is 151 Å². The van der Waals surface area contributed by atoms with E-state index in [1.807, 2.05) is 6.07 Å². The lowest BCUT2D eigenvalue weighted by Crippen LogP contribution is -2.38. The summed E-state index contributed by atoms with van der Waals surface area (Å²) in [4.78, 5) is 23.8. The lowest BCUT2D eigenvalue weighted by Gasteiger charge is -2.28. The van der Waals surface area contributed by atoms with Crippen molar-refractivity contribution < 1.29 is 18.7 Å². The number of hydrogen-bond donors (Lipinski definition) is 2. The van der Waals surface area contributed by atoms with Crippen molar-refractivity contribution in [1.29, 1.82) is 0 Å². The summed E-state index contributed by atoms with van der Waals surface area (Å²) in [5, 5.41) is 2.93. The number of rotatable bonds is 6. The summed E-state index contributed by atoms with van der Waals surface area (Å²) < 4.78 is 18.9. The van der Waals surface area contributed by atoms with E-state index >= 15 is 0 Å². The molecule has 3 N–H and O–H groups in total. The second-order valence-electron chi connectivity index (χ2n) is 6.53. The van der Waals surface area contributed by atoms with Crippen LogP contribution >= 0.6 is 0 Å². The van der Waals surface area contributed by atoms with Gasteiger partial charge >= 0.3 is 0 Å². The Bertz CT molecular complexity index is 799. The summed E-state index contributed by atoms with van der Waals surface area (Å²) >= 11 is 0. The van der Waals surface area contributed by atoms with E-state index in [-0.39, 0.29) is 18.3 Å². The van der Waals surface area contributed by atoms with Crippen molar-refractivity contribution in [3.05, 3.63) is 59.9 Å². The van der Waals surface area contributed by atoms with Gasteiger partial charge in [-0.25, -0.2) is 4.39 Å². The number of benzene rings is 2. The van der Waals surface area contributed by atoms with Crippen molar-refractivity contribution in [3.63, 3.8) is 0 Å². The molecule has 5 nitrogen and oxygen atoms in total. The van der Waals surface area contributed by atoms with E-state index in [1.165, 1.54) is 12.1 Å². The first-order valence-corrected chi connectivity index (χ1v) is 8.58. The Morgan fingerprint density at radius 2 is 1.81 bits per heavy atom. The number of nitrogens with one attached hydrogen (secondary N) is 1. The smallest absolute Gasteiger partial charge is 0.255 e. The van der Waals surface area contributed by atoms with Crippen LogP contribution in [0.4, 0.5) is 10.1 Å². The zero-order chi connectivity index (χ0) is 18.6. The minimum atomic E-state index is -0.705. The molecule has 26 heavy (non-hydrogen) atoms. The van der Waals surface area contributed by atoms with Gasteiger partial charge in [0.05, 0.1) is 5.41 Å². The lowest BCUT2D eigenvalue weighted by atomic mass is 9.78. The van der Waals surface area contributed by atoms with Crippen LogP contribution in [-0.4, -0.2) is 18.4 Å². The van der Waals surface area contributed by atoms with Crippen LogP contribution in [0, 0.1) is 5.82 Å². The van der Waals surface area contributed by atoms with Gasteiger partial charge < -0.3 is 15.8 Å². The van der Waals surface area contributed by atoms with Gasteiger partial charge in [0.2, 0.25) is 5.91 Å². The monoisotopic (exact) mass is 356 g/mol. The Morgan fingerprint density at radius 3 is 2.42 bits per heavy atom. The van der Waals surface area contributed by atoms with Gasteiger partial charge in [0.1, 0.15) is 11.6 Å². The van der Waals surface area contributed by atoms with Gasteiger partial charge in [0.15, 0.2) is 6.61 Å². The van der Waals surface area contributed by atoms with Crippen LogP contribution in [0.15, 0.2) is 48.5 Å². The Morgan fingerprint density at radius 1 is 1.12 bits per heavy atom. The van der Waals surface area contributed by atoms with Crippen molar-refractivity contribution in [1.82, 2.24) is 0 Å². The maximum absolute atomic E-state index is 13.7. The molecule has 0 aromatic heterocycles. The van der Waals surface area contributed by atoms with Gasteiger partial charge in [-0.15, -0.1) is 0 Å². The van der Waals surface area contributed by atoms with E-state index in [9.17, 15) is 14.0 Å². The van der Waals surface area contributed by atoms with E-state index in [0.717, 1.165) is 12.8 Å². The maximum atomic E-state index is 13.7. The van der Waals surface area contributed by atoms with Gasteiger partial charge in [-0.05, 0) is 54.8 Å². The number of hydrogen-bond acceptors (Lipinski definition) is 3. The first-order chi connectivity index (χ1) is 12.5. The average Bonchev–Trinajstić information content (AvgIpc) is 3.12. The standard InChI is InChI=1S/C20H21FN2O3/c21-15-5-3-4-14(12-15)20(10-1-2-11-20)19(25)23-16-6-8-17(9-7-16)26-13-18(22)24/h3-9,12H,1-2,10-11,13H2,(H2,22,24)(H,23,25). The summed E-state index contributed by atoms with van der Waals surface area (Å²) in [5.41, 5.74) is 5.67. The maximum Gasteiger partial charge on any atom is 0.255 e. The van der Waals surface area contributed by atoms with E-state index in [1.54, 1.807) is 30.3 Å².